The van der Waals surface area contributed by atoms with Crippen molar-refractivity contribution in [2.75, 3.05) is 18.0 Å². The van der Waals surface area contributed by atoms with E-state index in [4.69, 9.17) is 16.7 Å². The molecule has 1 saturated heterocycles. The second-order valence-corrected chi connectivity index (χ2v) is 7.37. The van der Waals surface area contributed by atoms with Crippen LogP contribution in [0.25, 0.3) is 0 Å². The highest BCUT2D eigenvalue weighted by Gasteiger charge is 2.28. The molecule has 2 aromatic rings. The van der Waals surface area contributed by atoms with Gasteiger partial charge in [0.05, 0.1) is 10.7 Å². The van der Waals surface area contributed by atoms with Crippen molar-refractivity contribution in [1.82, 2.24) is 15.3 Å². The third-order valence-corrected chi connectivity index (χ3v) is 5.76. The van der Waals surface area contributed by atoms with Gasteiger partial charge in [0.1, 0.15) is 10.6 Å². The van der Waals surface area contributed by atoms with Crippen molar-refractivity contribution in [3.63, 3.8) is 0 Å². The lowest BCUT2D eigenvalue weighted by atomic mass is 10.2. The van der Waals surface area contributed by atoms with Crippen molar-refractivity contribution in [1.29, 1.82) is 0 Å². The third-order valence-electron chi connectivity index (χ3n) is 4.22. The minimum atomic E-state index is -0.958. The average Bonchev–Trinajstić information content (AvgIpc) is 3.25. The van der Waals surface area contributed by atoms with Crippen LogP contribution in [0.2, 0.25) is 5.02 Å². The summed E-state index contributed by atoms with van der Waals surface area (Å²) in [5, 5.41) is 13.4. The van der Waals surface area contributed by atoms with Crippen molar-refractivity contribution >= 4 is 39.9 Å². The molecule has 0 radical (unpaired) electrons. The number of nitrogens with zero attached hydrogens (tertiary/aromatic N) is 2. The number of aromatic carboxylic acids is 1. The highest BCUT2D eigenvalue weighted by Crippen LogP contribution is 2.29. The van der Waals surface area contributed by atoms with Crippen LogP contribution in [-0.2, 0) is 6.42 Å². The molecule has 0 aliphatic carbocycles. The summed E-state index contributed by atoms with van der Waals surface area (Å²) in [6.07, 6.45) is 1.51. The van der Waals surface area contributed by atoms with Crippen LogP contribution in [0.1, 0.15) is 44.9 Å². The molecule has 0 aromatic carbocycles. The Labute approximate surface area is 154 Å². The largest absolute Gasteiger partial charge is 0.477 e. The summed E-state index contributed by atoms with van der Waals surface area (Å²) in [5.74, 6) is -1.14. The minimum Gasteiger partial charge on any atom is -0.477 e. The number of H-pyrrole nitrogens is 1. The van der Waals surface area contributed by atoms with Crippen LogP contribution in [0.5, 0.6) is 0 Å². The number of aryl methyl sites for hydroxylation is 2. The molecule has 7 nitrogen and oxygen atoms in total. The molecular weight excluding hydrogens is 364 g/mol. The number of nitrogens with one attached hydrogen (secondary N) is 2. The number of amides is 1. The van der Waals surface area contributed by atoms with Crippen molar-refractivity contribution in [2.24, 2.45) is 0 Å². The van der Waals surface area contributed by atoms with Crippen molar-refractivity contribution < 1.29 is 14.7 Å². The van der Waals surface area contributed by atoms with E-state index in [0.29, 0.717) is 28.1 Å². The number of halogens is 1. The fourth-order valence-electron chi connectivity index (χ4n) is 2.88. The molecule has 1 aliphatic heterocycles. The number of rotatable bonds is 5. The second kappa shape index (κ2) is 7.05. The number of hydrogen-bond donors (Lipinski definition) is 3. The van der Waals surface area contributed by atoms with Gasteiger partial charge in [0, 0.05) is 24.8 Å². The first-order chi connectivity index (χ1) is 11.9. The van der Waals surface area contributed by atoms with Gasteiger partial charge in [0.2, 0.25) is 0 Å². The molecule has 1 fully saturated rings. The quantitative estimate of drug-likeness (QED) is 0.738. The molecule has 1 atom stereocenters. The molecule has 0 saturated carbocycles. The van der Waals surface area contributed by atoms with Gasteiger partial charge < -0.3 is 20.3 Å². The molecule has 3 heterocycles. The Kier molecular flexibility index (Phi) is 5.01. The zero-order valence-corrected chi connectivity index (χ0v) is 15.5. The lowest BCUT2D eigenvalue weighted by Gasteiger charge is -2.15. The first kappa shape index (κ1) is 17.8. The summed E-state index contributed by atoms with van der Waals surface area (Å²) in [6.45, 7) is 4.99. The van der Waals surface area contributed by atoms with Gasteiger partial charge in [-0.3, -0.25) is 4.79 Å². The number of anilines is 1. The van der Waals surface area contributed by atoms with Gasteiger partial charge >= 0.3 is 5.97 Å². The van der Waals surface area contributed by atoms with E-state index in [2.05, 4.69) is 15.3 Å². The topological polar surface area (TPSA) is 98.3 Å². The Hall–Kier alpha value is -2.06. The van der Waals surface area contributed by atoms with E-state index < -0.39 is 5.97 Å². The van der Waals surface area contributed by atoms with Gasteiger partial charge in [0.15, 0.2) is 5.13 Å². The van der Waals surface area contributed by atoms with E-state index in [-0.39, 0.29) is 16.8 Å². The molecule has 1 aliphatic rings. The average molecular weight is 383 g/mol. The predicted molar refractivity (Wildman–Crippen MR) is 97.1 cm³/mol. The Morgan fingerprint density at radius 2 is 2.32 bits per heavy atom. The van der Waals surface area contributed by atoms with E-state index in [1.54, 1.807) is 13.0 Å². The smallest absolute Gasteiger partial charge is 0.347 e. The number of carboxylic acid groups (broad SMARTS) is 1. The lowest BCUT2D eigenvalue weighted by Crippen LogP contribution is -2.37. The second-order valence-electron chi connectivity index (χ2n) is 5.98. The zero-order valence-electron chi connectivity index (χ0n) is 13.9. The van der Waals surface area contributed by atoms with Gasteiger partial charge in [-0.25, -0.2) is 9.78 Å². The summed E-state index contributed by atoms with van der Waals surface area (Å²) in [4.78, 5) is 33.2. The number of thiazole rings is 1. The van der Waals surface area contributed by atoms with E-state index in [9.17, 15) is 9.59 Å². The van der Waals surface area contributed by atoms with E-state index in [0.717, 1.165) is 25.1 Å². The number of carbonyl (C=O) groups is 2. The van der Waals surface area contributed by atoms with Crippen LogP contribution in [0, 0.1) is 6.92 Å². The number of aromatic amines is 1. The predicted octanol–water partition coefficient (Wildman–Crippen LogP) is 2.70. The van der Waals surface area contributed by atoms with E-state index in [1.165, 1.54) is 11.3 Å². The summed E-state index contributed by atoms with van der Waals surface area (Å²) in [6, 6.07) is 1.63. The van der Waals surface area contributed by atoms with Gasteiger partial charge in [-0.2, -0.15) is 0 Å². The first-order valence-electron chi connectivity index (χ1n) is 8.03. The van der Waals surface area contributed by atoms with Crippen molar-refractivity contribution in [2.45, 2.75) is 32.7 Å². The number of carbonyl (C=O) groups excluding carboxylic acids is 1. The minimum absolute atomic E-state index is 0.0165. The SMILES string of the molecule is CCc1[nH]c(C(=O)NC2CCN(c3nc(C)c(C(=O)O)s3)C2)cc1Cl. The van der Waals surface area contributed by atoms with Crippen LogP contribution < -0.4 is 10.2 Å². The molecule has 1 amide bonds. The van der Waals surface area contributed by atoms with Crippen LogP contribution in [0.3, 0.4) is 0 Å². The Morgan fingerprint density at radius 3 is 2.92 bits per heavy atom. The summed E-state index contributed by atoms with van der Waals surface area (Å²) < 4.78 is 0. The van der Waals surface area contributed by atoms with Crippen LogP contribution in [-0.4, -0.2) is 46.1 Å². The van der Waals surface area contributed by atoms with Crippen LogP contribution in [0.4, 0.5) is 5.13 Å². The fraction of sp³-hybridized carbons (Fsp3) is 0.438. The Morgan fingerprint density at radius 1 is 1.56 bits per heavy atom. The molecule has 0 bridgehead atoms. The van der Waals surface area contributed by atoms with Crippen molar-refractivity contribution in [3.05, 3.63) is 33.0 Å². The van der Waals surface area contributed by atoms with Crippen LogP contribution in [0.15, 0.2) is 6.07 Å². The third kappa shape index (κ3) is 3.64. The first-order valence-corrected chi connectivity index (χ1v) is 9.22. The molecule has 0 spiro atoms. The fourth-order valence-corrected chi connectivity index (χ4v) is 4.11. The summed E-state index contributed by atoms with van der Waals surface area (Å²) in [7, 11) is 0. The molecular formula is C16H19ClN4O3S. The van der Waals surface area contributed by atoms with Gasteiger partial charge in [-0.05, 0) is 25.8 Å². The zero-order chi connectivity index (χ0) is 18.1. The number of aromatic nitrogens is 2. The van der Waals surface area contributed by atoms with Crippen LogP contribution >= 0.6 is 22.9 Å². The normalized spacial score (nSPS) is 17.1. The maximum atomic E-state index is 12.4. The van der Waals surface area contributed by atoms with Gasteiger partial charge in [0.25, 0.3) is 5.91 Å². The molecule has 3 N–H and O–H groups in total. The van der Waals surface area contributed by atoms with E-state index >= 15 is 0 Å². The Balaban J connectivity index is 1.63. The number of hydrogen-bond acceptors (Lipinski definition) is 5. The maximum Gasteiger partial charge on any atom is 0.347 e. The van der Waals surface area contributed by atoms with Crippen molar-refractivity contribution in [3.8, 4) is 0 Å². The standard InChI is InChI=1S/C16H19ClN4O3S/c1-3-11-10(17)6-12(20-11)14(22)19-9-4-5-21(7-9)16-18-8(2)13(25-16)15(23)24/h6,9,20H,3-5,7H2,1-2H3,(H,19,22)(H,23,24). The summed E-state index contributed by atoms with van der Waals surface area (Å²) >= 11 is 7.25. The molecule has 134 valence electrons. The molecule has 2 aromatic heterocycles. The maximum absolute atomic E-state index is 12.4. The molecule has 3 rings (SSSR count). The van der Waals surface area contributed by atoms with Gasteiger partial charge in [-0.1, -0.05) is 29.9 Å². The highest BCUT2D eigenvalue weighted by molar-refractivity contribution is 7.17. The van der Waals surface area contributed by atoms with Gasteiger partial charge in [-0.15, -0.1) is 0 Å². The molecule has 9 heteroatoms. The monoisotopic (exact) mass is 382 g/mol. The van der Waals surface area contributed by atoms with E-state index in [1.807, 2.05) is 11.8 Å². The number of carboxylic acids is 1. The molecule has 1 unspecified atom stereocenters. The highest BCUT2D eigenvalue weighted by atomic mass is 35.5. The summed E-state index contributed by atoms with van der Waals surface area (Å²) in [5.41, 5.74) is 1.82. The lowest BCUT2D eigenvalue weighted by molar-refractivity contribution is 0.0701. The Bertz CT molecular complexity index is 816. The molecule has 25 heavy (non-hydrogen) atoms.